The molecule has 0 spiro atoms. The molecule has 2 aliphatic rings. The lowest BCUT2D eigenvalue weighted by Gasteiger charge is -2.27. The fourth-order valence-electron chi connectivity index (χ4n) is 3.76. The second-order valence-corrected chi connectivity index (χ2v) is 6.34. The Morgan fingerprint density at radius 2 is 1.96 bits per heavy atom. The fourth-order valence-corrected chi connectivity index (χ4v) is 3.76. The number of likely N-dealkylation sites (tertiary alicyclic amines) is 2. The number of ether oxygens (including phenoxy) is 1. The van der Waals surface area contributed by atoms with Crippen LogP contribution in [0, 0.1) is 5.92 Å². The van der Waals surface area contributed by atoms with Gasteiger partial charge in [0.25, 0.3) is 5.91 Å². The van der Waals surface area contributed by atoms with Crippen molar-refractivity contribution in [3.05, 3.63) is 23.8 Å². The lowest BCUT2D eigenvalue weighted by atomic mass is 9.95. The van der Waals surface area contributed by atoms with Crippen molar-refractivity contribution in [1.29, 1.82) is 0 Å². The van der Waals surface area contributed by atoms with Crippen LogP contribution >= 0.6 is 0 Å². The largest absolute Gasteiger partial charge is 0.465 e. The molecule has 0 saturated carbocycles. The SMILES string of the molecule is CO[C@@]12CN(C(=O)O)C[C@H]1CN(C(=O)c1ccc3n[nH]nc3c1)C2. The van der Waals surface area contributed by atoms with Crippen molar-refractivity contribution < 1.29 is 19.4 Å². The number of nitrogens with one attached hydrogen (secondary N) is 1. The summed E-state index contributed by atoms with van der Waals surface area (Å²) in [6.07, 6.45) is -0.949. The Morgan fingerprint density at radius 3 is 2.67 bits per heavy atom. The summed E-state index contributed by atoms with van der Waals surface area (Å²) in [6, 6.07) is 5.18. The predicted octanol–water partition coefficient (Wildman–Crippen LogP) is 0.409. The summed E-state index contributed by atoms with van der Waals surface area (Å²) in [4.78, 5) is 27.1. The van der Waals surface area contributed by atoms with Gasteiger partial charge in [-0.25, -0.2) is 4.79 Å². The Hall–Kier alpha value is -2.68. The maximum atomic E-state index is 12.8. The summed E-state index contributed by atoms with van der Waals surface area (Å²) in [5.74, 6) is -0.120. The van der Waals surface area contributed by atoms with E-state index < -0.39 is 11.7 Å². The topological polar surface area (TPSA) is 112 Å². The number of rotatable bonds is 2. The maximum Gasteiger partial charge on any atom is 0.407 e. The number of carbonyl (C=O) groups is 2. The maximum absolute atomic E-state index is 12.8. The lowest BCUT2D eigenvalue weighted by Crippen LogP contribution is -2.44. The first-order valence-corrected chi connectivity index (χ1v) is 7.65. The Bertz CT molecular complexity index is 821. The van der Waals surface area contributed by atoms with Crippen molar-refractivity contribution >= 4 is 23.0 Å². The second-order valence-electron chi connectivity index (χ2n) is 6.34. The van der Waals surface area contributed by atoms with Gasteiger partial charge >= 0.3 is 6.09 Å². The van der Waals surface area contributed by atoms with Gasteiger partial charge in [-0.1, -0.05) is 0 Å². The molecule has 2 N–H and O–H groups in total. The van der Waals surface area contributed by atoms with E-state index in [1.165, 1.54) is 4.90 Å². The molecule has 4 rings (SSSR count). The van der Waals surface area contributed by atoms with Crippen molar-refractivity contribution in [1.82, 2.24) is 25.2 Å². The van der Waals surface area contributed by atoms with Crippen molar-refractivity contribution in [3.63, 3.8) is 0 Å². The molecule has 9 nitrogen and oxygen atoms in total. The zero-order chi connectivity index (χ0) is 16.9. The van der Waals surface area contributed by atoms with Crippen LogP contribution in [-0.4, -0.2) is 81.2 Å². The van der Waals surface area contributed by atoms with Crippen LogP contribution in [0.25, 0.3) is 11.0 Å². The third kappa shape index (κ3) is 2.12. The number of hydrogen-bond acceptors (Lipinski definition) is 5. The molecule has 0 aliphatic carbocycles. The lowest BCUT2D eigenvalue weighted by molar-refractivity contribution is -0.0110. The highest BCUT2D eigenvalue weighted by Crippen LogP contribution is 2.38. The molecule has 9 heteroatoms. The first-order valence-electron chi connectivity index (χ1n) is 7.65. The minimum Gasteiger partial charge on any atom is -0.465 e. The molecule has 24 heavy (non-hydrogen) atoms. The smallest absolute Gasteiger partial charge is 0.407 e. The highest BCUT2D eigenvalue weighted by atomic mass is 16.5. The van der Waals surface area contributed by atoms with Crippen molar-refractivity contribution in [2.75, 3.05) is 33.3 Å². The van der Waals surface area contributed by atoms with Crippen molar-refractivity contribution in [2.45, 2.75) is 5.60 Å². The van der Waals surface area contributed by atoms with Crippen LogP contribution in [-0.2, 0) is 4.74 Å². The molecule has 3 heterocycles. The van der Waals surface area contributed by atoms with Gasteiger partial charge in [-0.05, 0) is 18.2 Å². The summed E-state index contributed by atoms with van der Waals surface area (Å²) in [6.45, 7) is 1.53. The van der Waals surface area contributed by atoms with E-state index >= 15 is 0 Å². The molecular weight excluding hydrogens is 314 g/mol. The van der Waals surface area contributed by atoms with E-state index in [4.69, 9.17) is 4.74 Å². The average Bonchev–Trinajstić information content (AvgIpc) is 3.25. The predicted molar refractivity (Wildman–Crippen MR) is 82.6 cm³/mol. The molecule has 2 aromatic rings. The first kappa shape index (κ1) is 14.9. The van der Waals surface area contributed by atoms with Gasteiger partial charge < -0.3 is 19.6 Å². The van der Waals surface area contributed by atoms with Crippen molar-refractivity contribution in [3.8, 4) is 0 Å². The summed E-state index contributed by atoms with van der Waals surface area (Å²) in [5, 5.41) is 19.7. The quantitative estimate of drug-likeness (QED) is 0.824. The molecular formula is C15H17N5O4. The molecule has 0 radical (unpaired) electrons. The molecule has 2 amide bonds. The number of carbonyl (C=O) groups excluding carboxylic acids is 1. The van der Waals surface area contributed by atoms with Crippen LogP contribution in [0.3, 0.4) is 0 Å². The summed E-state index contributed by atoms with van der Waals surface area (Å²) < 4.78 is 5.65. The van der Waals surface area contributed by atoms with E-state index in [0.29, 0.717) is 36.2 Å². The summed E-state index contributed by atoms with van der Waals surface area (Å²) in [5.41, 5.74) is 1.26. The third-order valence-corrected chi connectivity index (χ3v) is 5.07. The standard InChI is InChI=1S/C15H17N5O4/c1-24-15-7-19(5-10(15)6-20(8-15)14(22)23)13(21)9-2-3-11-12(4-9)17-18-16-11/h2-4,10H,5-8H2,1H3,(H,22,23)(H,16,17,18)/t10-,15+/m1/s1. The minimum absolute atomic E-state index is 0.0154. The van der Waals surface area contributed by atoms with Gasteiger partial charge in [0.2, 0.25) is 0 Å². The number of aromatic nitrogens is 3. The van der Waals surface area contributed by atoms with E-state index in [1.807, 2.05) is 0 Å². The van der Waals surface area contributed by atoms with Crippen LogP contribution < -0.4 is 0 Å². The highest BCUT2D eigenvalue weighted by Gasteiger charge is 2.55. The van der Waals surface area contributed by atoms with Crippen LogP contribution in [0.5, 0.6) is 0 Å². The number of nitrogens with zero attached hydrogens (tertiary/aromatic N) is 4. The number of methoxy groups -OCH3 is 1. The first-order chi connectivity index (χ1) is 11.5. The molecule has 0 bridgehead atoms. The molecule has 2 fully saturated rings. The zero-order valence-electron chi connectivity index (χ0n) is 13.1. The van der Waals surface area contributed by atoms with Gasteiger partial charge in [-0.3, -0.25) is 4.79 Å². The van der Waals surface area contributed by atoms with Gasteiger partial charge in [0.15, 0.2) is 0 Å². The molecule has 2 aliphatic heterocycles. The molecule has 126 valence electrons. The average molecular weight is 331 g/mol. The van der Waals surface area contributed by atoms with Crippen molar-refractivity contribution in [2.24, 2.45) is 5.92 Å². The number of benzene rings is 1. The fraction of sp³-hybridized carbons (Fsp3) is 0.467. The Labute approximate surface area is 137 Å². The third-order valence-electron chi connectivity index (χ3n) is 5.07. The normalized spacial score (nSPS) is 26.1. The van der Waals surface area contributed by atoms with Gasteiger partial charge in [0, 0.05) is 31.7 Å². The Balaban J connectivity index is 1.56. The molecule has 1 aromatic heterocycles. The van der Waals surface area contributed by atoms with Gasteiger partial charge in [-0.2, -0.15) is 15.4 Å². The van der Waals surface area contributed by atoms with Gasteiger partial charge in [0.1, 0.15) is 16.6 Å². The van der Waals surface area contributed by atoms with E-state index in [1.54, 1.807) is 30.2 Å². The van der Waals surface area contributed by atoms with Crippen LogP contribution in [0.2, 0.25) is 0 Å². The zero-order valence-corrected chi connectivity index (χ0v) is 13.1. The second kappa shape index (κ2) is 5.17. The minimum atomic E-state index is -0.949. The van der Waals surface area contributed by atoms with E-state index in [-0.39, 0.29) is 18.4 Å². The molecule has 0 unspecified atom stereocenters. The highest BCUT2D eigenvalue weighted by molar-refractivity contribution is 5.97. The van der Waals surface area contributed by atoms with Gasteiger partial charge in [0.05, 0.1) is 13.1 Å². The van der Waals surface area contributed by atoms with E-state index in [2.05, 4.69) is 15.4 Å². The van der Waals surface area contributed by atoms with Crippen LogP contribution in [0.15, 0.2) is 18.2 Å². The monoisotopic (exact) mass is 331 g/mol. The molecule has 2 atom stereocenters. The number of H-pyrrole nitrogens is 1. The number of carboxylic acid groups (broad SMARTS) is 1. The Kier molecular flexibility index (Phi) is 3.20. The van der Waals surface area contributed by atoms with Crippen LogP contribution in [0.4, 0.5) is 4.79 Å². The number of fused-ring (bicyclic) bond motifs is 2. The van der Waals surface area contributed by atoms with Gasteiger partial charge in [-0.15, -0.1) is 0 Å². The number of amides is 2. The summed E-state index contributed by atoms with van der Waals surface area (Å²) in [7, 11) is 1.58. The number of aromatic amines is 1. The van der Waals surface area contributed by atoms with E-state index in [9.17, 15) is 14.7 Å². The molecule has 2 saturated heterocycles. The molecule has 1 aromatic carbocycles. The Morgan fingerprint density at radius 1 is 1.25 bits per heavy atom. The van der Waals surface area contributed by atoms with E-state index in [0.717, 1.165) is 0 Å². The van der Waals surface area contributed by atoms with Crippen LogP contribution in [0.1, 0.15) is 10.4 Å². The summed E-state index contributed by atoms with van der Waals surface area (Å²) >= 11 is 0. The number of hydrogen-bond donors (Lipinski definition) is 2.